The van der Waals surface area contributed by atoms with E-state index in [2.05, 4.69) is 15.5 Å². The van der Waals surface area contributed by atoms with Gasteiger partial charge >= 0.3 is 17.8 Å². The van der Waals surface area contributed by atoms with E-state index in [0.29, 0.717) is 16.4 Å². The van der Waals surface area contributed by atoms with Crippen molar-refractivity contribution in [2.45, 2.75) is 12.5 Å². The SMILES string of the molecule is O=C(O)C(Cc1ccccc1)N1CCN(c2cc(Cl)ccc2-n2cnnn2)C(=O)C1=O. The molecule has 31 heavy (non-hydrogen) atoms. The summed E-state index contributed by atoms with van der Waals surface area (Å²) in [6, 6.07) is 12.6. The lowest BCUT2D eigenvalue weighted by Gasteiger charge is -2.37. The van der Waals surface area contributed by atoms with Gasteiger partial charge in [-0.3, -0.25) is 9.59 Å². The Bertz CT molecular complexity index is 1120. The number of nitrogens with zero attached hydrogens (tertiary/aromatic N) is 6. The van der Waals surface area contributed by atoms with Crippen molar-refractivity contribution in [3.8, 4) is 5.69 Å². The van der Waals surface area contributed by atoms with E-state index in [-0.39, 0.29) is 19.5 Å². The van der Waals surface area contributed by atoms with Gasteiger partial charge in [-0.2, -0.15) is 4.68 Å². The number of hydrogen-bond acceptors (Lipinski definition) is 6. The normalized spacial score (nSPS) is 15.3. The average molecular weight is 441 g/mol. The predicted molar refractivity (Wildman–Crippen MR) is 110 cm³/mol. The molecule has 2 aromatic carbocycles. The first-order chi connectivity index (χ1) is 15.0. The quantitative estimate of drug-likeness (QED) is 0.571. The molecule has 1 aliphatic heterocycles. The van der Waals surface area contributed by atoms with Crippen LogP contribution in [0.1, 0.15) is 5.56 Å². The van der Waals surface area contributed by atoms with E-state index in [4.69, 9.17) is 11.6 Å². The summed E-state index contributed by atoms with van der Waals surface area (Å²) in [4.78, 5) is 40.2. The van der Waals surface area contributed by atoms with Crippen molar-refractivity contribution in [2.24, 2.45) is 0 Å². The number of anilines is 1. The molecule has 3 aromatic rings. The van der Waals surface area contributed by atoms with Crippen LogP contribution >= 0.6 is 11.6 Å². The van der Waals surface area contributed by atoms with Gasteiger partial charge in [0.25, 0.3) is 0 Å². The fourth-order valence-electron chi connectivity index (χ4n) is 3.52. The zero-order valence-corrected chi connectivity index (χ0v) is 16.9. The van der Waals surface area contributed by atoms with Gasteiger partial charge in [-0.25, -0.2) is 4.79 Å². The van der Waals surface area contributed by atoms with E-state index < -0.39 is 23.8 Å². The van der Waals surface area contributed by atoms with Crippen molar-refractivity contribution in [1.29, 1.82) is 0 Å². The van der Waals surface area contributed by atoms with E-state index in [1.165, 1.54) is 22.0 Å². The molecule has 1 unspecified atom stereocenters. The summed E-state index contributed by atoms with van der Waals surface area (Å²) in [5, 5.41) is 21.1. The molecule has 0 spiro atoms. The lowest BCUT2D eigenvalue weighted by Crippen LogP contribution is -2.59. The molecule has 158 valence electrons. The minimum absolute atomic E-state index is 0.0515. The summed E-state index contributed by atoms with van der Waals surface area (Å²) in [5.41, 5.74) is 1.57. The first-order valence-corrected chi connectivity index (χ1v) is 9.75. The second-order valence-electron chi connectivity index (χ2n) is 6.89. The zero-order valence-electron chi connectivity index (χ0n) is 16.1. The maximum Gasteiger partial charge on any atom is 0.326 e. The number of piperazine rings is 1. The van der Waals surface area contributed by atoms with Crippen LogP contribution in [-0.4, -0.2) is 67.1 Å². The van der Waals surface area contributed by atoms with Crippen LogP contribution < -0.4 is 4.90 Å². The van der Waals surface area contributed by atoms with Crippen molar-refractivity contribution in [1.82, 2.24) is 25.1 Å². The van der Waals surface area contributed by atoms with Crippen molar-refractivity contribution in [3.05, 3.63) is 65.4 Å². The minimum Gasteiger partial charge on any atom is -0.480 e. The molecule has 4 rings (SSSR count). The molecule has 2 heterocycles. The number of aliphatic carboxylic acids is 1. The number of halogens is 1. The summed E-state index contributed by atoms with van der Waals surface area (Å²) < 4.78 is 1.35. The molecule has 0 bridgehead atoms. The van der Waals surface area contributed by atoms with E-state index >= 15 is 0 Å². The Labute approximate surface area is 181 Å². The maximum absolute atomic E-state index is 13.0. The monoisotopic (exact) mass is 440 g/mol. The molecule has 0 saturated carbocycles. The van der Waals surface area contributed by atoms with Gasteiger partial charge in [0, 0.05) is 24.5 Å². The Hall–Kier alpha value is -3.79. The number of aromatic nitrogens is 4. The summed E-state index contributed by atoms with van der Waals surface area (Å²) in [7, 11) is 0. The summed E-state index contributed by atoms with van der Waals surface area (Å²) in [5.74, 6) is -2.91. The third kappa shape index (κ3) is 4.10. The highest BCUT2D eigenvalue weighted by molar-refractivity contribution is 6.41. The van der Waals surface area contributed by atoms with Gasteiger partial charge in [0.2, 0.25) is 0 Å². The van der Waals surface area contributed by atoms with Crippen LogP contribution in [0.15, 0.2) is 54.9 Å². The van der Waals surface area contributed by atoms with Crippen LogP contribution in [-0.2, 0) is 20.8 Å². The highest BCUT2D eigenvalue weighted by Gasteiger charge is 2.40. The summed E-state index contributed by atoms with van der Waals surface area (Å²) in [6.07, 6.45) is 1.46. The predicted octanol–water partition coefficient (Wildman–Crippen LogP) is 1.19. The van der Waals surface area contributed by atoms with Gasteiger partial charge in [-0.1, -0.05) is 41.9 Å². The highest BCUT2D eigenvalue weighted by Crippen LogP contribution is 2.29. The van der Waals surface area contributed by atoms with Crippen LogP contribution in [0.2, 0.25) is 5.02 Å². The zero-order chi connectivity index (χ0) is 22.0. The Morgan fingerprint density at radius 2 is 1.84 bits per heavy atom. The van der Waals surface area contributed by atoms with Gasteiger partial charge in [0.05, 0.1) is 11.4 Å². The molecule has 1 saturated heterocycles. The molecule has 1 fully saturated rings. The topological polar surface area (TPSA) is 122 Å². The van der Waals surface area contributed by atoms with Gasteiger partial charge in [-0.15, -0.1) is 5.10 Å². The molecule has 1 N–H and O–H groups in total. The van der Waals surface area contributed by atoms with Crippen LogP contribution in [0.5, 0.6) is 0 Å². The van der Waals surface area contributed by atoms with E-state index in [9.17, 15) is 19.5 Å². The molecule has 10 nitrogen and oxygen atoms in total. The third-order valence-corrected chi connectivity index (χ3v) is 5.25. The number of carbonyl (C=O) groups excluding carboxylic acids is 2. The fraction of sp³-hybridized carbons (Fsp3) is 0.200. The number of carbonyl (C=O) groups is 3. The van der Waals surface area contributed by atoms with Crippen molar-refractivity contribution in [2.75, 3.05) is 18.0 Å². The highest BCUT2D eigenvalue weighted by atomic mass is 35.5. The smallest absolute Gasteiger partial charge is 0.326 e. The first-order valence-electron chi connectivity index (χ1n) is 9.38. The maximum atomic E-state index is 13.0. The number of tetrazole rings is 1. The average Bonchev–Trinajstić information content (AvgIpc) is 3.29. The van der Waals surface area contributed by atoms with E-state index in [0.717, 1.165) is 10.5 Å². The second kappa shape index (κ2) is 8.52. The van der Waals surface area contributed by atoms with Gasteiger partial charge in [0.1, 0.15) is 12.4 Å². The molecule has 0 radical (unpaired) electrons. The molecule has 0 aliphatic carbocycles. The Balaban J connectivity index is 1.62. The van der Waals surface area contributed by atoms with Crippen LogP contribution in [0, 0.1) is 0 Å². The number of benzene rings is 2. The van der Waals surface area contributed by atoms with Crippen molar-refractivity contribution in [3.63, 3.8) is 0 Å². The van der Waals surface area contributed by atoms with E-state index in [1.54, 1.807) is 36.4 Å². The Morgan fingerprint density at radius 3 is 2.52 bits per heavy atom. The molecular weight excluding hydrogens is 424 g/mol. The number of carboxylic acid groups (broad SMARTS) is 1. The van der Waals surface area contributed by atoms with E-state index in [1.807, 2.05) is 6.07 Å². The van der Waals surface area contributed by atoms with Gasteiger partial charge in [0.15, 0.2) is 0 Å². The second-order valence-corrected chi connectivity index (χ2v) is 7.32. The number of rotatable bonds is 6. The molecular formula is C20H17ClN6O4. The summed E-state index contributed by atoms with van der Waals surface area (Å²) >= 11 is 6.12. The number of amides is 2. The van der Waals surface area contributed by atoms with Crippen molar-refractivity contribution >= 4 is 35.1 Å². The molecule has 1 atom stereocenters. The van der Waals surface area contributed by atoms with Crippen molar-refractivity contribution < 1.29 is 19.5 Å². The minimum atomic E-state index is -1.17. The molecule has 1 aliphatic rings. The molecule has 11 heteroatoms. The van der Waals surface area contributed by atoms with Gasteiger partial charge in [-0.05, 0) is 34.2 Å². The molecule has 2 amide bonds. The standard InChI is InChI=1S/C20H17ClN6O4/c21-14-6-7-15(27-12-22-23-24-27)16(11-14)25-8-9-26(19(29)18(25)28)17(20(30)31)10-13-4-2-1-3-5-13/h1-7,11-12,17H,8-10H2,(H,30,31). The lowest BCUT2D eigenvalue weighted by molar-refractivity contribution is -0.155. The largest absolute Gasteiger partial charge is 0.480 e. The Morgan fingerprint density at radius 1 is 1.06 bits per heavy atom. The lowest BCUT2D eigenvalue weighted by atomic mass is 10.0. The first kappa shape index (κ1) is 20.5. The Kier molecular flexibility index (Phi) is 5.63. The molecule has 1 aromatic heterocycles. The van der Waals surface area contributed by atoms with Gasteiger partial charge < -0.3 is 14.9 Å². The van der Waals surface area contributed by atoms with Crippen LogP contribution in [0.4, 0.5) is 5.69 Å². The van der Waals surface area contributed by atoms with Crippen LogP contribution in [0.3, 0.4) is 0 Å². The summed E-state index contributed by atoms with van der Waals surface area (Å²) in [6.45, 7) is 0.147. The number of carboxylic acids is 1. The fourth-order valence-corrected chi connectivity index (χ4v) is 3.69. The number of hydrogen-bond donors (Lipinski definition) is 1. The van der Waals surface area contributed by atoms with Crippen LogP contribution in [0.25, 0.3) is 5.69 Å². The third-order valence-electron chi connectivity index (χ3n) is 5.01.